The van der Waals surface area contributed by atoms with Gasteiger partial charge in [0, 0.05) is 25.4 Å². The second-order valence-electron chi connectivity index (χ2n) is 5.39. The first-order valence-corrected chi connectivity index (χ1v) is 7.14. The smallest absolute Gasteiger partial charge is 0.130 e. The van der Waals surface area contributed by atoms with Gasteiger partial charge in [0.1, 0.15) is 6.29 Å². The second-order valence-corrected chi connectivity index (χ2v) is 5.39. The van der Waals surface area contributed by atoms with Crippen LogP contribution in [0.2, 0.25) is 0 Å². The fraction of sp³-hybridized carbons (Fsp3) is 0.562. The molecule has 1 atom stereocenters. The van der Waals surface area contributed by atoms with Crippen molar-refractivity contribution < 1.29 is 9.53 Å². The summed E-state index contributed by atoms with van der Waals surface area (Å²) >= 11 is 0. The maximum atomic E-state index is 11.5. The number of hydrogen-bond donors (Lipinski definition) is 0. The summed E-state index contributed by atoms with van der Waals surface area (Å²) < 4.78 is 5.43. The van der Waals surface area contributed by atoms with Crippen LogP contribution in [0.4, 0.5) is 5.69 Å². The van der Waals surface area contributed by atoms with Crippen LogP contribution in [0.15, 0.2) is 30.3 Å². The van der Waals surface area contributed by atoms with Crippen molar-refractivity contribution in [2.45, 2.75) is 26.2 Å². The van der Waals surface area contributed by atoms with Crippen molar-refractivity contribution in [1.82, 2.24) is 0 Å². The zero-order valence-corrected chi connectivity index (χ0v) is 11.7. The summed E-state index contributed by atoms with van der Waals surface area (Å²) in [6, 6.07) is 10.4. The van der Waals surface area contributed by atoms with Gasteiger partial charge in [-0.25, -0.2) is 0 Å². The molecule has 2 rings (SSSR count). The van der Waals surface area contributed by atoms with Crippen LogP contribution in [0.5, 0.6) is 0 Å². The molecule has 19 heavy (non-hydrogen) atoms. The molecule has 1 aromatic carbocycles. The number of nitrogens with zero attached hydrogens (tertiary/aromatic N) is 1. The van der Waals surface area contributed by atoms with Crippen LogP contribution in [0.1, 0.15) is 26.2 Å². The zero-order chi connectivity index (χ0) is 13.6. The van der Waals surface area contributed by atoms with Gasteiger partial charge in [-0.1, -0.05) is 31.5 Å². The summed E-state index contributed by atoms with van der Waals surface area (Å²) in [5.74, 6) is 0. The summed E-state index contributed by atoms with van der Waals surface area (Å²) in [5, 5.41) is 0. The maximum absolute atomic E-state index is 11.5. The van der Waals surface area contributed by atoms with E-state index >= 15 is 0 Å². The highest BCUT2D eigenvalue weighted by Crippen LogP contribution is 2.29. The number of benzene rings is 1. The lowest BCUT2D eigenvalue weighted by Crippen LogP contribution is -2.40. The largest absolute Gasteiger partial charge is 0.380 e. The molecule has 0 radical (unpaired) electrons. The van der Waals surface area contributed by atoms with Gasteiger partial charge in [-0.15, -0.1) is 0 Å². The minimum Gasteiger partial charge on any atom is -0.380 e. The number of aldehydes is 1. The van der Waals surface area contributed by atoms with Crippen molar-refractivity contribution in [3.05, 3.63) is 30.3 Å². The standard InChI is InChI=1S/C16H23NO2/c1-2-3-10-17(15-7-5-4-6-8-15)12-16(13-18)9-11-19-14-16/h4-8,13H,2-3,9-12,14H2,1H3. The first-order valence-electron chi connectivity index (χ1n) is 7.14. The lowest BCUT2D eigenvalue weighted by Gasteiger charge is -2.32. The first kappa shape index (κ1) is 14.1. The molecule has 1 aliphatic heterocycles. The van der Waals surface area contributed by atoms with Crippen LogP contribution in [-0.2, 0) is 9.53 Å². The molecule has 104 valence electrons. The highest BCUT2D eigenvalue weighted by molar-refractivity contribution is 5.62. The van der Waals surface area contributed by atoms with E-state index in [2.05, 4.69) is 24.0 Å². The van der Waals surface area contributed by atoms with Gasteiger partial charge in [-0.3, -0.25) is 0 Å². The van der Waals surface area contributed by atoms with Gasteiger partial charge in [0.15, 0.2) is 0 Å². The molecule has 3 heteroatoms. The topological polar surface area (TPSA) is 29.5 Å². The molecular formula is C16H23NO2. The number of carbonyl (C=O) groups excluding carboxylic acids is 1. The van der Waals surface area contributed by atoms with Gasteiger partial charge in [0.05, 0.1) is 12.0 Å². The van der Waals surface area contributed by atoms with Crippen LogP contribution >= 0.6 is 0 Å². The van der Waals surface area contributed by atoms with E-state index in [1.165, 1.54) is 5.69 Å². The number of para-hydroxylation sites is 1. The van der Waals surface area contributed by atoms with Crippen LogP contribution < -0.4 is 4.90 Å². The Morgan fingerprint density at radius 1 is 1.37 bits per heavy atom. The number of carbonyl (C=O) groups is 1. The monoisotopic (exact) mass is 261 g/mol. The van der Waals surface area contributed by atoms with Crippen molar-refractivity contribution in [1.29, 1.82) is 0 Å². The fourth-order valence-corrected chi connectivity index (χ4v) is 2.55. The van der Waals surface area contributed by atoms with Crippen LogP contribution in [0, 0.1) is 5.41 Å². The number of anilines is 1. The molecule has 0 aromatic heterocycles. The second kappa shape index (κ2) is 6.71. The van der Waals surface area contributed by atoms with E-state index in [-0.39, 0.29) is 5.41 Å². The number of rotatable bonds is 7. The fourth-order valence-electron chi connectivity index (χ4n) is 2.55. The summed E-state index contributed by atoms with van der Waals surface area (Å²) in [6.07, 6.45) is 4.24. The highest BCUT2D eigenvalue weighted by atomic mass is 16.5. The van der Waals surface area contributed by atoms with Gasteiger partial charge in [0.2, 0.25) is 0 Å². The normalized spacial score (nSPS) is 22.4. The molecule has 1 fully saturated rings. The van der Waals surface area contributed by atoms with Crippen molar-refractivity contribution >= 4 is 12.0 Å². The summed E-state index contributed by atoms with van der Waals surface area (Å²) in [7, 11) is 0. The van der Waals surface area contributed by atoms with E-state index in [0.29, 0.717) is 13.2 Å². The molecule has 1 aliphatic rings. The SMILES string of the molecule is CCCCN(CC1(C=O)CCOC1)c1ccccc1. The summed E-state index contributed by atoms with van der Waals surface area (Å²) in [5.41, 5.74) is 0.882. The molecule has 1 unspecified atom stereocenters. The average molecular weight is 261 g/mol. The van der Waals surface area contributed by atoms with Gasteiger partial charge in [0.25, 0.3) is 0 Å². The van der Waals surface area contributed by atoms with Gasteiger partial charge >= 0.3 is 0 Å². The summed E-state index contributed by atoms with van der Waals surface area (Å²) in [6.45, 7) is 5.22. The van der Waals surface area contributed by atoms with Gasteiger partial charge < -0.3 is 14.4 Å². The van der Waals surface area contributed by atoms with Crippen molar-refractivity contribution in [2.75, 3.05) is 31.2 Å². The highest BCUT2D eigenvalue weighted by Gasteiger charge is 2.36. The zero-order valence-electron chi connectivity index (χ0n) is 11.7. The lowest BCUT2D eigenvalue weighted by molar-refractivity contribution is -0.115. The minimum atomic E-state index is -0.316. The Hall–Kier alpha value is -1.35. The van der Waals surface area contributed by atoms with Crippen molar-refractivity contribution in [3.63, 3.8) is 0 Å². The molecule has 0 aliphatic carbocycles. The lowest BCUT2D eigenvalue weighted by atomic mass is 9.88. The summed E-state index contributed by atoms with van der Waals surface area (Å²) in [4.78, 5) is 13.8. The number of hydrogen-bond acceptors (Lipinski definition) is 3. The Morgan fingerprint density at radius 2 is 2.16 bits per heavy atom. The van der Waals surface area contributed by atoms with Crippen LogP contribution in [0.3, 0.4) is 0 Å². The Morgan fingerprint density at radius 3 is 2.74 bits per heavy atom. The van der Waals surface area contributed by atoms with Crippen LogP contribution in [-0.4, -0.2) is 32.6 Å². The van der Waals surface area contributed by atoms with E-state index < -0.39 is 0 Å². The third-order valence-corrected chi connectivity index (χ3v) is 3.79. The average Bonchev–Trinajstić information content (AvgIpc) is 2.93. The van der Waals surface area contributed by atoms with Gasteiger partial charge in [-0.05, 0) is 25.0 Å². The molecule has 0 saturated carbocycles. The maximum Gasteiger partial charge on any atom is 0.130 e. The molecule has 1 saturated heterocycles. The number of unbranched alkanes of at least 4 members (excludes halogenated alkanes) is 1. The minimum absolute atomic E-state index is 0.316. The van der Waals surface area contributed by atoms with Crippen molar-refractivity contribution in [3.8, 4) is 0 Å². The Balaban J connectivity index is 2.11. The molecule has 0 N–H and O–H groups in total. The molecule has 3 nitrogen and oxygen atoms in total. The Labute approximate surface area is 115 Å². The molecule has 0 spiro atoms. The van der Waals surface area contributed by atoms with Crippen LogP contribution in [0.25, 0.3) is 0 Å². The van der Waals surface area contributed by atoms with E-state index in [0.717, 1.165) is 38.6 Å². The Bertz CT molecular complexity index is 385. The molecule has 0 amide bonds. The van der Waals surface area contributed by atoms with Gasteiger partial charge in [-0.2, -0.15) is 0 Å². The predicted molar refractivity (Wildman–Crippen MR) is 77.5 cm³/mol. The van der Waals surface area contributed by atoms with E-state index in [1.54, 1.807) is 0 Å². The molecule has 1 heterocycles. The van der Waals surface area contributed by atoms with E-state index in [9.17, 15) is 4.79 Å². The van der Waals surface area contributed by atoms with E-state index in [4.69, 9.17) is 4.74 Å². The first-order chi connectivity index (χ1) is 9.29. The predicted octanol–water partition coefficient (Wildman–Crippen LogP) is 2.90. The molecule has 1 aromatic rings. The van der Waals surface area contributed by atoms with E-state index in [1.807, 2.05) is 18.2 Å². The van der Waals surface area contributed by atoms with Crippen molar-refractivity contribution in [2.24, 2.45) is 5.41 Å². The quantitative estimate of drug-likeness (QED) is 0.707. The Kier molecular flexibility index (Phi) is 4.97. The molecular weight excluding hydrogens is 238 g/mol. The third-order valence-electron chi connectivity index (χ3n) is 3.79. The molecule has 0 bridgehead atoms. The third kappa shape index (κ3) is 3.57. The number of ether oxygens (including phenoxy) is 1.